The van der Waals surface area contributed by atoms with Gasteiger partial charge in [-0.1, -0.05) is 13.3 Å². The van der Waals surface area contributed by atoms with Crippen LogP contribution in [-0.4, -0.2) is 81.6 Å². The van der Waals surface area contributed by atoms with Gasteiger partial charge in [0.1, 0.15) is 18.0 Å². The van der Waals surface area contributed by atoms with Crippen LogP contribution in [0.4, 0.5) is 0 Å². The molecule has 6 N–H and O–H groups in total. The van der Waals surface area contributed by atoms with Crippen LogP contribution in [0.25, 0.3) is 0 Å². The van der Waals surface area contributed by atoms with Crippen molar-refractivity contribution < 1.29 is 39.9 Å². The molecule has 0 aliphatic rings. The second-order valence-corrected chi connectivity index (χ2v) is 7.14. The fraction of sp³-hybridized carbons (Fsp3) is 0.895. The monoisotopic (exact) mass is 407 g/mol. The number of carbonyl (C=O) groups is 2. The molecule has 0 radical (unpaired) electrons. The summed E-state index contributed by atoms with van der Waals surface area (Å²) in [6.07, 6.45) is -2.66. The molecule has 0 spiro atoms. The van der Waals surface area contributed by atoms with E-state index in [1.54, 1.807) is 6.92 Å². The third-order valence-electron chi connectivity index (χ3n) is 4.63. The van der Waals surface area contributed by atoms with E-state index in [0.717, 1.165) is 19.3 Å². The molecule has 0 aliphatic carbocycles. The van der Waals surface area contributed by atoms with Gasteiger partial charge in [-0.3, -0.25) is 9.59 Å². The third kappa shape index (κ3) is 12.4. The average molecular weight is 408 g/mol. The lowest BCUT2D eigenvalue weighted by Crippen LogP contribution is -2.45. The van der Waals surface area contributed by atoms with E-state index in [0.29, 0.717) is 25.8 Å². The number of rotatable bonds is 17. The second kappa shape index (κ2) is 15.8. The zero-order chi connectivity index (χ0) is 21.5. The zero-order valence-electron chi connectivity index (χ0n) is 16.9. The summed E-state index contributed by atoms with van der Waals surface area (Å²) >= 11 is 0. The van der Waals surface area contributed by atoms with Gasteiger partial charge in [0.2, 0.25) is 5.91 Å². The standard InChI is InChI=1S/C19H37NO8/c1-13(14(2)22)7-3-5-10-20-16(24)8-4-6-12-28-19(27)18(26)17(25)15(23)9-11-21/h13,15,17-19,21,23,25-27H,3-12H2,1-2H3,(H,20,24). The first kappa shape index (κ1) is 26.9. The molecular formula is C19H37NO8. The quantitative estimate of drug-likeness (QED) is 0.139. The predicted molar refractivity (Wildman–Crippen MR) is 102 cm³/mol. The van der Waals surface area contributed by atoms with Crippen LogP contribution in [0.15, 0.2) is 0 Å². The molecule has 9 nitrogen and oxygen atoms in total. The number of aliphatic hydroxyl groups excluding tert-OH is 5. The Morgan fingerprint density at radius 3 is 2.25 bits per heavy atom. The van der Waals surface area contributed by atoms with Crippen molar-refractivity contribution in [2.24, 2.45) is 5.92 Å². The van der Waals surface area contributed by atoms with Gasteiger partial charge in [0.05, 0.1) is 6.10 Å². The van der Waals surface area contributed by atoms with Gasteiger partial charge in [0.15, 0.2) is 6.29 Å². The van der Waals surface area contributed by atoms with Gasteiger partial charge in [-0.25, -0.2) is 0 Å². The highest BCUT2D eigenvalue weighted by atomic mass is 16.6. The minimum absolute atomic E-state index is 0.0589. The summed E-state index contributed by atoms with van der Waals surface area (Å²) in [5.41, 5.74) is 0. The van der Waals surface area contributed by atoms with Crippen molar-refractivity contribution >= 4 is 11.7 Å². The van der Waals surface area contributed by atoms with E-state index in [1.165, 1.54) is 0 Å². The number of hydrogen-bond donors (Lipinski definition) is 6. The molecule has 0 heterocycles. The van der Waals surface area contributed by atoms with E-state index in [4.69, 9.17) is 9.84 Å². The minimum atomic E-state index is -1.70. The van der Waals surface area contributed by atoms with Crippen molar-refractivity contribution in [3.8, 4) is 0 Å². The molecule has 9 heteroatoms. The van der Waals surface area contributed by atoms with E-state index in [-0.39, 0.29) is 37.2 Å². The summed E-state index contributed by atoms with van der Waals surface area (Å²) in [4.78, 5) is 22.8. The lowest BCUT2D eigenvalue weighted by molar-refractivity contribution is -0.203. The van der Waals surface area contributed by atoms with E-state index >= 15 is 0 Å². The molecule has 0 aromatic rings. The van der Waals surface area contributed by atoms with E-state index in [2.05, 4.69) is 5.32 Å². The van der Waals surface area contributed by atoms with Crippen LogP contribution in [0.5, 0.6) is 0 Å². The molecule has 0 saturated heterocycles. The number of ketones is 1. The van der Waals surface area contributed by atoms with Crippen molar-refractivity contribution in [1.29, 1.82) is 0 Å². The number of Topliss-reactive ketones (excluding diaryl/α,β-unsaturated/α-hetero) is 1. The van der Waals surface area contributed by atoms with E-state index < -0.39 is 24.6 Å². The molecule has 28 heavy (non-hydrogen) atoms. The third-order valence-corrected chi connectivity index (χ3v) is 4.63. The summed E-state index contributed by atoms with van der Waals surface area (Å²) in [5.74, 6) is 0.158. The summed E-state index contributed by atoms with van der Waals surface area (Å²) in [5, 5.41) is 49.9. The van der Waals surface area contributed by atoms with Crippen molar-refractivity contribution in [1.82, 2.24) is 5.32 Å². The Balaban J connectivity index is 3.73. The average Bonchev–Trinajstić information content (AvgIpc) is 2.65. The van der Waals surface area contributed by atoms with Gasteiger partial charge in [0, 0.05) is 32.1 Å². The first-order chi connectivity index (χ1) is 13.2. The molecule has 0 aromatic heterocycles. The van der Waals surface area contributed by atoms with Crippen LogP contribution in [0.3, 0.4) is 0 Å². The Bertz CT molecular complexity index is 434. The topological polar surface area (TPSA) is 157 Å². The van der Waals surface area contributed by atoms with Gasteiger partial charge in [-0.2, -0.15) is 0 Å². The fourth-order valence-electron chi connectivity index (χ4n) is 2.48. The molecule has 0 aliphatic heterocycles. The van der Waals surface area contributed by atoms with Gasteiger partial charge in [0.25, 0.3) is 0 Å². The molecule has 5 atom stereocenters. The maximum atomic E-state index is 11.7. The van der Waals surface area contributed by atoms with Crippen LogP contribution in [0, 0.1) is 5.92 Å². The summed E-state index contributed by atoms with van der Waals surface area (Å²) in [6.45, 7) is 3.77. The number of unbranched alkanes of at least 4 members (excludes halogenated alkanes) is 2. The van der Waals surface area contributed by atoms with Crippen LogP contribution >= 0.6 is 0 Å². The van der Waals surface area contributed by atoms with E-state index in [9.17, 15) is 30.0 Å². The van der Waals surface area contributed by atoms with Gasteiger partial charge >= 0.3 is 0 Å². The maximum absolute atomic E-state index is 11.7. The van der Waals surface area contributed by atoms with Gasteiger partial charge in [-0.05, 0) is 39.0 Å². The molecule has 0 bridgehead atoms. The molecule has 166 valence electrons. The van der Waals surface area contributed by atoms with Crippen molar-refractivity contribution in [2.45, 2.75) is 83.4 Å². The Hall–Kier alpha value is -1.10. The Labute approximate surface area is 166 Å². The molecule has 0 aromatic carbocycles. The number of amides is 1. The largest absolute Gasteiger partial charge is 0.396 e. The lowest BCUT2D eigenvalue weighted by atomic mass is 10.0. The first-order valence-corrected chi connectivity index (χ1v) is 9.92. The summed E-state index contributed by atoms with van der Waals surface area (Å²) in [7, 11) is 0. The summed E-state index contributed by atoms with van der Waals surface area (Å²) < 4.78 is 5.00. The number of hydrogen-bond acceptors (Lipinski definition) is 8. The summed E-state index contributed by atoms with van der Waals surface area (Å²) in [6, 6.07) is 0. The van der Waals surface area contributed by atoms with Crippen molar-refractivity contribution in [2.75, 3.05) is 19.8 Å². The van der Waals surface area contributed by atoms with Crippen molar-refractivity contribution in [3.05, 3.63) is 0 Å². The maximum Gasteiger partial charge on any atom is 0.219 e. The van der Waals surface area contributed by atoms with Gasteiger partial charge in [-0.15, -0.1) is 0 Å². The molecule has 1 amide bonds. The van der Waals surface area contributed by atoms with Crippen LogP contribution < -0.4 is 5.32 Å². The molecule has 0 fully saturated rings. The highest BCUT2D eigenvalue weighted by Crippen LogP contribution is 2.10. The SMILES string of the molecule is CC(=O)C(C)CCCCNC(=O)CCCCOC(O)C(O)C(O)C(O)CCO. The highest BCUT2D eigenvalue weighted by molar-refractivity contribution is 5.77. The fourth-order valence-corrected chi connectivity index (χ4v) is 2.48. The second-order valence-electron chi connectivity index (χ2n) is 7.14. The van der Waals surface area contributed by atoms with Crippen LogP contribution in [-0.2, 0) is 14.3 Å². The van der Waals surface area contributed by atoms with Crippen molar-refractivity contribution in [3.63, 3.8) is 0 Å². The van der Waals surface area contributed by atoms with Gasteiger partial charge < -0.3 is 35.6 Å². The van der Waals surface area contributed by atoms with Crippen LogP contribution in [0.1, 0.15) is 58.8 Å². The zero-order valence-corrected chi connectivity index (χ0v) is 16.9. The smallest absolute Gasteiger partial charge is 0.219 e. The Morgan fingerprint density at radius 1 is 0.964 bits per heavy atom. The highest BCUT2D eigenvalue weighted by Gasteiger charge is 2.30. The molecular weight excluding hydrogens is 370 g/mol. The Morgan fingerprint density at radius 2 is 1.64 bits per heavy atom. The first-order valence-electron chi connectivity index (χ1n) is 9.92. The molecule has 5 unspecified atom stereocenters. The number of nitrogens with one attached hydrogen (secondary N) is 1. The minimum Gasteiger partial charge on any atom is -0.396 e. The molecule has 0 rings (SSSR count). The number of ether oxygens (including phenoxy) is 1. The molecule has 0 saturated carbocycles. The predicted octanol–water partition coefficient (Wildman–Crippen LogP) is -0.532. The number of aliphatic hydroxyl groups is 5. The lowest BCUT2D eigenvalue weighted by Gasteiger charge is -2.26. The van der Waals surface area contributed by atoms with Crippen LogP contribution in [0.2, 0.25) is 0 Å². The normalized spacial score (nSPS) is 16.8. The van der Waals surface area contributed by atoms with E-state index in [1.807, 2.05) is 6.92 Å². The Kier molecular flexibility index (Phi) is 15.2. The number of carbonyl (C=O) groups excluding carboxylic acids is 2.